The minimum Gasteiger partial charge on any atom is -0.378 e. The predicted octanol–water partition coefficient (Wildman–Crippen LogP) is 2.99. The van der Waals surface area contributed by atoms with Crippen LogP contribution in [0.1, 0.15) is 52.4 Å². The van der Waals surface area contributed by atoms with Gasteiger partial charge in [0.2, 0.25) is 0 Å². The Morgan fingerprint density at radius 3 is 2.85 bits per heavy atom. The van der Waals surface area contributed by atoms with E-state index in [4.69, 9.17) is 9.47 Å². The van der Waals surface area contributed by atoms with Gasteiger partial charge < -0.3 is 14.8 Å². The van der Waals surface area contributed by atoms with Crippen molar-refractivity contribution in [3.8, 4) is 0 Å². The minimum atomic E-state index is 0.0849. The molecule has 116 valence electrons. The summed E-state index contributed by atoms with van der Waals surface area (Å²) in [5.41, 5.74) is 0.0849. The Labute approximate surface area is 123 Å². The lowest BCUT2D eigenvalue weighted by Gasteiger charge is -2.41. The molecule has 20 heavy (non-hydrogen) atoms. The average Bonchev–Trinajstić information content (AvgIpc) is 3.06. The van der Waals surface area contributed by atoms with Crippen molar-refractivity contribution in [2.24, 2.45) is 17.8 Å². The summed E-state index contributed by atoms with van der Waals surface area (Å²) >= 11 is 0. The second-order valence-electron chi connectivity index (χ2n) is 7.50. The third kappa shape index (κ3) is 3.20. The Kier molecular flexibility index (Phi) is 4.68. The minimum absolute atomic E-state index is 0.0849. The molecule has 2 saturated heterocycles. The van der Waals surface area contributed by atoms with E-state index in [0.29, 0.717) is 6.04 Å². The molecule has 1 spiro atoms. The zero-order chi connectivity index (χ0) is 14.0. The molecule has 1 saturated carbocycles. The van der Waals surface area contributed by atoms with Gasteiger partial charge in [-0.2, -0.15) is 0 Å². The summed E-state index contributed by atoms with van der Waals surface area (Å²) in [6.07, 6.45) is 7.92. The quantitative estimate of drug-likeness (QED) is 0.859. The Hall–Kier alpha value is -0.120. The molecule has 0 aromatic heterocycles. The van der Waals surface area contributed by atoms with Crippen LogP contribution in [0.3, 0.4) is 0 Å². The van der Waals surface area contributed by atoms with Gasteiger partial charge in [-0.25, -0.2) is 0 Å². The van der Waals surface area contributed by atoms with Gasteiger partial charge >= 0.3 is 0 Å². The lowest BCUT2D eigenvalue weighted by Crippen LogP contribution is -2.43. The van der Waals surface area contributed by atoms with E-state index >= 15 is 0 Å². The van der Waals surface area contributed by atoms with E-state index in [1.165, 1.54) is 38.6 Å². The first-order chi connectivity index (χ1) is 9.69. The second-order valence-corrected chi connectivity index (χ2v) is 7.50. The fraction of sp³-hybridized carbons (Fsp3) is 1.00. The van der Waals surface area contributed by atoms with Crippen molar-refractivity contribution in [1.29, 1.82) is 0 Å². The number of nitrogens with one attached hydrogen (secondary N) is 1. The maximum Gasteiger partial charge on any atom is 0.0939 e. The second kappa shape index (κ2) is 6.33. The normalized spacial score (nSPS) is 41.9. The first-order valence-electron chi connectivity index (χ1n) is 8.64. The molecule has 3 aliphatic rings. The summed E-state index contributed by atoms with van der Waals surface area (Å²) in [5, 5.41) is 3.66. The standard InChI is InChI=1S/C17H31NO2/c1-13(2)18-11-15-4-3-5-16(15)14-6-8-20-17(10-14)7-9-19-12-17/h13-16,18H,3-12H2,1-2H3. The number of hydrogen-bond acceptors (Lipinski definition) is 3. The molecule has 0 radical (unpaired) electrons. The maximum atomic E-state index is 6.11. The van der Waals surface area contributed by atoms with Crippen molar-refractivity contribution in [2.45, 2.75) is 64.0 Å². The lowest BCUT2D eigenvalue weighted by atomic mass is 9.74. The molecule has 2 heterocycles. The first-order valence-corrected chi connectivity index (χ1v) is 8.64. The molecule has 0 aromatic rings. The molecule has 3 heteroatoms. The van der Waals surface area contributed by atoms with Crippen LogP contribution in [-0.4, -0.2) is 38.0 Å². The number of rotatable bonds is 4. The van der Waals surface area contributed by atoms with Gasteiger partial charge in [0.25, 0.3) is 0 Å². The molecule has 1 N–H and O–H groups in total. The molecule has 3 fully saturated rings. The summed E-state index contributed by atoms with van der Waals surface area (Å²) in [6, 6.07) is 0.612. The monoisotopic (exact) mass is 281 g/mol. The lowest BCUT2D eigenvalue weighted by molar-refractivity contribution is -0.109. The number of hydrogen-bond donors (Lipinski definition) is 1. The van der Waals surface area contributed by atoms with E-state index in [1.54, 1.807) is 0 Å². The Morgan fingerprint density at radius 1 is 1.20 bits per heavy atom. The summed E-state index contributed by atoms with van der Waals surface area (Å²) in [6.45, 7) is 8.41. The van der Waals surface area contributed by atoms with Crippen molar-refractivity contribution in [2.75, 3.05) is 26.4 Å². The van der Waals surface area contributed by atoms with Crippen LogP contribution in [0.25, 0.3) is 0 Å². The van der Waals surface area contributed by atoms with Crippen LogP contribution in [0.4, 0.5) is 0 Å². The van der Waals surface area contributed by atoms with Crippen LogP contribution in [0, 0.1) is 17.8 Å². The van der Waals surface area contributed by atoms with E-state index in [2.05, 4.69) is 19.2 Å². The van der Waals surface area contributed by atoms with Gasteiger partial charge in [0, 0.05) is 25.7 Å². The topological polar surface area (TPSA) is 30.5 Å². The van der Waals surface area contributed by atoms with Gasteiger partial charge in [-0.15, -0.1) is 0 Å². The molecule has 4 unspecified atom stereocenters. The molecular formula is C17H31NO2. The fourth-order valence-electron chi connectivity index (χ4n) is 4.62. The Morgan fingerprint density at radius 2 is 2.10 bits per heavy atom. The van der Waals surface area contributed by atoms with E-state index in [0.717, 1.165) is 44.0 Å². The average molecular weight is 281 g/mol. The zero-order valence-corrected chi connectivity index (χ0v) is 13.2. The maximum absolute atomic E-state index is 6.11. The molecule has 0 bridgehead atoms. The van der Waals surface area contributed by atoms with Gasteiger partial charge in [0.05, 0.1) is 12.2 Å². The number of ether oxygens (including phenoxy) is 2. The SMILES string of the molecule is CC(C)NCC1CCCC1C1CCOC2(CCOC2)C1. The highest BCUT2D eigenvalue weighted by atomic mass is 16.6. The van der Waals surface area contributed by atoms with E-state index in [1.807, 2.05) is 0 Å². The van der Waals surface area contributed by atoms with Crippen molar-refractivity contribution in [3.05, 3.63) is 0 Å². The van der Waals surface area contributed by atoms with E-state index < -0.39 is 0 Å². The predicted molar refractivity (Wildman–Crippen MR) is 80.8 cm³/mol. The molecule has 0 aromatic carbocycles. The van der Waals surface area contributed by atoms with Crippen LogP contribution < -0.4 is 5.32 Å². The largest absolute Gasteiger partial charge is 0.378 e. The molecule has 2 aliphatic heterocycles. The van der Waals surface area contributed by atoms with E-state index in [9.17, 15) is 0 Å². The molecule has 0 amide bonds. The zero-order valence-electron chi connectivity index (χ0n) is 13.2. The van der Waals surface area contributed by atoms with Crippen LogP contribution >= 0.6 is 0 Å². The fourth-order valence-corrected chi connectivity index (χ4v) is 4.62. The summed E-state index contributed by atoms with van der Waals surface area (Å²) in [7, 11) is 0. The van der Waals surface area contributed by atoms with Crippen molar-refractivity contribution >= 4 is 0 Å². The summed E-state index contributed by atoms with van der Waals surface area (Å²) < 4.78 is 11.7. The third-order valence-electron chi connectivity index (χ3n) is 5.71. The van der Waals surface area contributed by atoms with Gasteiger partial charge in [-0.1, -0.05) is 20.3 Å². The van der Waals surface area contributed by atoms with Crippen LogP contribution in [0.15, 0.2) is 0 Å². The van der Waals surface area contributed by atoms with Gasteiger partial charge in [-0.3, -0.25) is 0 Å². The summed E-state index contributed by atoms with van der Waals surface area (Å²) in [5.74, 6) is 2.68. The smallest absolute Gasteiger partial charge is 0.0939 e. The van der Waals surface area contributed by atoms with E-state index in [-0.39, 0.29) is 5.60 Å². The molecule has 3 rings (SSSR count). The van der Waals surface area contributed by atoms with Crippen LogP contribution in [0.5, 0.6) is 0 Å². The highest BCUT2D eigenvalue weighted by Gasteiger charge is 2.45. The van der Waals surface area contributed by atoms with Crippen LogP contribution in [0.2, 0.25) is 0 Å². The van der Waals surface area contributed by atoms with Crippen LogP contribution in [-0.2, 0) is 9.47 Å². The summed E-state index contributed by atoms with van der Waals surface area (Å²) in [4.78, 5) is 0. The highest BCUT2D eigenvalue weighted by molar-refractivity contribution is 4.95. The molecular weight excluding hydrogens is 250 g/mol. The Bertz CT molecular complexity index is 312. The molecule has 1 aliphatic carbocycles. The first kappa shape index (κ1) is 14.8. The van der Waals surface area contributed by atoms with Gasteiger partial charge in [0.1, 0.15) is 0 Å². The molecule has 4 atom stereocenters. The molecule has 3 nitrogen and oxygen atoms in total. The highest BCUT2D eigenvalue weighted by Crippen LogP contribution is 2.45. The van der Waals surface area contributed by atoms with Crippen molar-refractivity contribution in [3.63, 3.8) is 0 Å². The van der Waals surface area contributed by atoms with Crippen molar-refractivity contribution in [1.82, 2.24) is 5.32 Å². The van der Waals surface area contributed by atoms with Gasteiger partial charge in [-0.05, 0) is 50.0 Å². The Balaban J connectivity index is 1.59. The third-order valence-corrected chi connectivity index (χ3v) is 5.71. The van der Waals surface area contributed by atoms with Gasteiger partial charge in [0.15, 0.2) is 0 Å². The van der Waals surface area contributed by atoms with Crippen molar-refractivity contribution < 1.29 is 9.47 Å².